The third-order valence-corrected chi connectivity index (χ3v) is 3.21. The Morgan fingerprint density at radius 3 is 2.65 bits per heavy atom. The van der Waals surface area contributed by atoms with Gasteiger partial charge in [0, 0.05) is 31.2 Å². The van der Waals surface area contributed by atoms with Crippen molar-refractivity contribution in [2.24, 2.45) is 0 Å². The van der Waals surface area contributed by atoms with Gasteiger partial charge in [0.15, 0.2) is 0 Å². The van der Waals surface area contributed by atoms with Gasteiger partial charge in [-0.1, -0.05) is 0 Å². The molecule has 6 heteroatoms. The molecule has 0 saturated carbocycles. The third-order valence-electron chi connectivity index (χ3n) is 3.21. The van der Waals surface area contributed by atoms with E-state index in [-0.39, 0.29) is 11.1 Å². The lowest BCUT2D eigenvalue weighted by molar-refractivity contribution is 0.122. The maximum Gasteiger partial charge on any atom is 0.268 e. The molecule has 0 unspecified atom stereocenters. The first-order chi connectivity index (χ1) is 9.46. The van der Waals surface area contributed by atoms with E-state index >= 15 is 0 Å². The smallest absolute Gasteiger partial charge is 0.268 e. The lowest BCUT2D eigenvalue weighted by Gasteiger charge is -2.28. The van der Waals surface area contributed by atoms with Gasteiger partial charge in [0.25, 0.3) is 5.56 Å². The maximum atomic E-state index is 12.1. The van der Waals surface area contributed by atoms with Crippen molar-refractivity contribution in [3.8, 4) is 0 Å². The van der Waals surface area contributed by atoms with Gasteiger partial charge in [0.05, 0.1) is 31.6 Å². The second-order valence-corrected chi connectivity index (χ2v) is 6.05. The minimum atomic E-state index is -0.0512. The predicted octanol–water partition coefficient (Wildman–Crippen LogP) is 0.468. The van der Waals surface area contributed by atoms with Crippen LogP contribution in [0.5, 0.6) is 0 Å². The van der Waals surface area contributed by atoms with Crippen LogP contribution in [0, 0.1) is 0 Å². The minimum absolute atomic E-state index is 0.0512. The molecule has 1 fully saturated rings. The van der Waals surface area contributed by atoms with Gasteiger partial charge in [-0.2, -0.15) is 5.10 Å². The van der Waals surface area contributed by atoms with Crippen molar-refractivity contribution in [3.05, 3.63) is 22.6 Å². The monoisotopic (exact) mass is 280 g/mol. The Bertz CT molecular complexity index is 487. The van der Waals surface area contributed by atoms with E-state index in [0.29, 0.717) is 19.8 Å². The van der Waals surface area contributed by atoms with Crippen LogP contribution in [-0.2, 0) is 11.3 Å². The van der Waals surface area contributed by atoms with Crippen LogP contribution in [0.2, 0.25) is 0 Å². The SMILES string of the molecule is CC(C)(C)NCCn1ncc(N2CCOCC2)cc1=O. The van der Waals surface area contributed by atoms with E-state index < -0.39 is 0 Å². The summed E-state index contributed by atoms with van der Waals surface area (Å²) in [5.74, 6) is 0. The van der Waals surface area contributed by atoms with Crippen molar-refractivity contribution in [1.82, 2.24) is 15.1 Å². The zero-order valence-electron chi connectivity index (χ0n) is 12.6. The van der Waals surface area contributed by atoms with E-state index in [0.717, 1.165) is 25.3 Å². The van der Waals surface area contributed by atoms with Crippen molar-refractivity contribution in [3.63, 3.8) is 0 Å². The largest absolute Gasteiger partial charge is 0.378 e. The van der Waals surface area contributed by atoms with Gasteiger partial charge in [-0.25, -0.2) is 4.68 Å². The second-order valence-electron chi connectivity index (χ2n) is 6.05. The fourth-order valence-corrected chi connectivity index (χ4v) is 2.12. The summed E-state index contributed by atoms with van der Waals surface area (Å²) < 4.78 is 6.81. The van der Waals surface area contributed by atoms with E-state index in [2.05, 4.69) is 36.1 Å². The number of hydrogen-bond donors (Lipinski definition) is 1. The lowest BCUT2D eigenvalue weighted by atomic mass is 10.1. The molecule has 2 rings (SSSR count). The Labute approximate surface area is 119 Å². The van der Waals surface area contributed by atoms with Crippen LogP contribution in [0.4, 0.5) is 5.69 Å². The Hall–Kier alpha value is -1.40. The van der Waals surface area contributed by atoms with E-state index in [1.165, 1.54) is 4.68 Å². The number of anilines is 1. The number of morpholine rings is 1. The molecular formula is C14H24N4O2. The Morgan fingerprint density at radius 1 is 1.35 bits per heavy atom. The van der Waals surface area contributed by atoms with Crippen LogP contribution in [0.25, 0.3) is 0 Å². The number of nitrogens with zero attached hydrogens (tertiary/aromatic N) is 3. The highest BCUT2D eigenvalue weighted by atomic mass is 16.5. The van der Waals surface area contributed by atoms with Crippen LogP contribution in [0.3, 0.4) is 0 Å². The van der Waals surface area contributed by atoms with Crippen LogP contribution in [0.15, 0.2) is 17.1 Å². The van der Waals surface area contributed by atoms with E-state index in [9.17, 15) is 4.79 Å². The molecule has 2 heterocycles. The highest BCUT2D eigenvalue weighted by molar-refractivity contribution is 5.43. The highest BCUT2D eigenvalue weighted by Crippen LogP contribution is 2.11. The summed E-state index contributed by atoms with van der Waals surface area (Å²) in [5.41, 5.74) is 0.889. The molecule has 1 N–H and O–H groups in total. The topological polar surface area (TPSA) is 59.4 Å². The Morgan fingerprint density at radius 2 is 2.05 bits per heavy atom. The van der Waals surface area contributed by atoms with Gasteiger partial charge in [0.2, 0.25) is 0 Å². The number of hydrogen-bond acceptors (Lipinski definition) is 5. The lowest BCUT2D eigenvalue weighted by Crippen LogP contribution is -2.40. The molecule has 0 amide bonds. The molecule has 20 heavy (non-hydrogen) atoms. The van der Waals surface area contributed by atoms with Crippen LogP contribution >= 0.6 is 0 Å². The summed E-state index contributed by atoms with van der Waals surface area (Å²) in [6.45, 7) is 10.7. The first kappa shape index (κ1) is 15.0. The molecule has 112 valence electrons. The third kappa shape index (κ3) is 4.31. The summed E-state index contributed by atoms with van der Waals surface area (Å²) in [5, 5.41) is 7.60. The molecule has 0 aromatic carbocycles. The maximum absolute atomic E-state index is 12.1. The highest BCUT2D eigenvalue weighted by Gasteiger charge is 2.13. The summed E-state index contributed by atoms with van der Waals surface area (Å²) in [4.78, 5) is 14.2. The van der Waals surface area contributed by atoms with Gasteiger partial charge >= 0.3 is 0 Å². The average molecular weight is 280 g/mol. The zero-order chi connectivity index (χ0) is 14.6. The first-order valence-corrected chi connectivity index (χ1v) is 7.11. The molecule has 1 aliphatic heterocycles. The minimum Gasteiger partial charge on any atom is -0.378 e. The normalized spacial score (nSPS) is 16.4. The zero-order valence-corrected chi connectivity index (χ0v) is 12.6. The number of aromatic nitrogens is 2. The molecule has 0 aliphatic carbocycles. The van der Waals surface area contributed by atoms with E-state index in [1.807, 2.05) is 0 Å². The van der Waals surface area contributed by atoms with Crippen LogP contribution in [0.1, 0.15) is 20.8 Å². The number of nitrogens with one attached hydrogen (secondary N) is 1. The van der Waals surface area contributed by atoms with Crippen LogP contribution in [-0.4, -0.2) is 48.2 Å². The molecule has 1 aromatic rings. The van der Waals surface area contributed by atoms with Gasteiger partial charge in [0.1, 0.15) is 0 Å². The molecule has 1 aromatic heterocycles. The van der Waals surface area contributed by atoms with Gasteiger partial charge in [-0.05, 0) is 20.8 Å². The number of rotatable bonds is 4. The van der Waals surface area contributed by atoms with Crippen molar-refractivity contribution in [2.75, 3.05) is 37.7 Å². The first-order valence-electron chi connectivity index (χ1n) is 7.11. The van der Waals surface area contributed by atoms with E-state index in [4.69, 9.17) is 4.74 Å². The summed E-state index contributed by atoms with van der Waals surface area (Å²) in [7, 11) is 0. The van der Waals surface area contributed by atoms with Gasteiger partial charge in [-0.3, -0.25) is 4.79 Å². The number of ether oxygens (including phenoxy) is 1. The van der Waals surface area contributed by atoms with Gasteiger partial charge < -0.3 is 15.0 Å². The molecule has 0 atom stereocenters. The van der Waals surface area contributed by atoms with Crippen molar-refractivity contribution in [2.45, 2.75) is 32.9 Å². The fourth-order valence-electron chi connectivity index (χ4n) is 2.12. The summed E-state index contributed by atoms with van der Waals surface area (Å²) in [6, 6.07) is 1.66. The molecule has 1 saturated heterocycles. The Balaban J connectivity index is 1.97. The fraction of sp³-hybridized carbons (Fsp3) is 0.714. The Kier molecular flexibility index (Phi) is 4.77. The average Bonchev–Trinajstić information content (AvgIpc) is 2.40. The standard InChI is InChI=1S/C14H24N4O2/c1-14(2,3)15-4-5-18-13(19)10-12(11-16-18)17-6-8-20-9-7-17/h10-11,15H,4-9H2,1-3H3. The van der Waals surface area contributed by atoms with Gasteiger partial charge in [-0.15, -0.1) is 0 Å². The molecule has 1 aliphatic rings. The second kappa shape index (κ2) is 6.37. The quantitative estimate of drug-likeness (QED) is 0.869. The molecule has 6 nitrogen and oxygen atoms in total. The molecule has 0 bridgehead atoms. The summed E-state index contributed by atoms with van der Waals surface area (Å²) in [6.07, 6.45) is 1.77. The van der Waals surface area contributed by atoms with Crippen LogP contribution < -0.4 is 15.8 Å². The van der Waals surface area contributed by atoms with Crippen molar-refractivity contribution < 1.29 is 4.74 Å². The molecular weight excluding hydrogens is 256 g/mol. The molecule has 0 spiro atoms. The predicted molar refractivity (Wildman–Crippen MR) is 79.3 cm³/mol. The summed E-state index contributed by atoms with van der Waals surface area (Å²) >= 11 is 0. The van der Waals surface area contributed by atoms with E-state index in [1.54, 1.807) is 12.3 Å². The van der Waals surface area contributed by atoms with Crippen molar-refractivity contribution in [1.29, 1.82) is 0 Å². The van der Waals surface area contributed by atoms with Crippen molar-refractivity contribution >= 4 is 5.69 Å². The molecule has 0 radical (unpaired) electrons.